The molecule has 2 unspecified atom stereocenters. The molecule has 3 saturated carbocycles. The van der Waals surface area contributed by atoms with Crippen LogP contribution in [0.5, 0.6) is 0 Å². The minimum atomic E-state index is 0.259. The van der Waals surface area contributed by atoms with Gasteiger partial charge in [-0.2, -0.15) is 0 Å². The van der Waals surface area contributed by atoms with Crippen molar-refractivity contribution in [2.75, 3.05) is 0 Å². The Hall–Kier alpha value is -0.330. The third kappa shape index (κ3) is 0.773. The van der Waals surface area contributed by atoms with Crippen molar-refractivity contribution in [3.63, 3.8) is 0 Å². The topological polar surface area (TPSA) is 17.1 Å². The summed E-state index contributed by atoms with van der Waals surface area (Å²) in [5, 5.41) is 0. The number of carbonyl (C=O) groups excluding carboxylic acids is 1. The van der Waals surface area contributed by atoms with Crippen LogP contribution >= 0.6 is 0 Å². The average molecular weight is 166 g/mol. The molecule has 1 heteroatoms. The highest BCUT2D eigenvalue weighted by atomic mass is 16.1. The lowest BCUT2D eigenvalue weighted by Gasteiger charge is -2.62. The van der Waals surface area contributed by atoms with Crippen molar-refractivity contribution in [3.05, 3.63) is 0 Å². The maximum absolute atomic E-state index is 11.7. The highest BCUT2D eigenvalue weighted by Gasteiger charge is 2.61. The van der Waals surface area contributed by atoms with Gasteiger partial charge in [0.15, 0.2) is 0 Å². The molecule has 0 heterocycles. The summed E-state index contributed by atoms with van der Waals surface area (Å²) in [5.41, 5.74) is 0.550. The number of hydrogen-bond acceptors (Lipinski definition) is 1. The SMILES string of the molecule is CC1(C)CC(=O)C2CC1C2(C)C. The van der Waals surface area contributed by atoms with Gasteiger partial charge in [0.05, 0.1) is 0 Å². The van der Waals surface area contributed by atoms with Gasteiger partial charge < -0.3 is 0 Å². The molecule has 0 N–H and O–H groups in total. The Bertz CT molecular complexity index is 229. The predicted octanol–water partition coefficient (Wildman–Crippen LogP) is 2.65. The second-order valence-corrected chi connectivity index (χ2v) is 5.79. The zero-order valence-corrected chi connectivity index (χ0v) is 8.48. The largest absolute Gasteiger partial charge is 0.299 e. The molecule has 1 nitrogen and oxygen atoms in total. The van der Waals surface area contributed by atoms with E-state index in [-0.39, 0.29) is 5.41 Å². The van der Waals surface area contributed by atoms with Crippen molar-refractivity contribution < 1.29 is 4.79 Å². The molecule has 0 amide bonds. The van der Waals surface area contributed by atoms with E-state index < -0.39 is 0 Å². The van der Waals surface area contributed by atoms with Crippen LogP contribution in [0.25, 0.3) is 0 Å². The van der Waals surface area contributed by atoms with E-state index in [0.717, 1.165) is 18.8 Å². The lowest BCUT2D eigenvalue weighted by Crippen LogP contribution is -2.60. The van der Waals surface area contributed by atoms with Crippen molar-refractivity contribution in [2.24, 2.45) is 22.7 Å². The first-order chi connectivity index (χ1) is 5.36. The summed E-state index contributed by atoms with van der Waals surface area (Å²) in [5.74, 6) is 1.66. The molecule has 0 aromatic rings. The molecule has 0 aliphatic heterocycles. The summed E-state index contributed by atoms with van der Waals surface area (Å²) in [7, 11) is 0. The summed E-state index contributed by atoms with van der Waals surface area (Å²) in [6.45, 7) is 8.99. The zero-order chi connectivity index (χ0) is 9.15. The van der Waals surface area contributed by atoms with Crippen LogP contribution < -0.4 is 0 Å². The molecule has 0 aromatic heterocycles. The van der Waals surface area contributed by atoms with Crippen molar-refractivity contribution in [1.29, 1.82) is 0 Å². The van der Waals surface area contributed by atoms with Gasteiger partial charge in [0.2, 0.25) is 0 Å². The zero-order valence-electron chi connectivity index (χ0n) is 8.48. The molecule has 3 aliphatic rings. The standard InChI is InChI=1S/C11H18O/c1-10(2)6-8(12)7-5-9(10)11(7,3)4/h7,9H,5-6H2,1-4H3. The second kappa shape index (κ2) is 1.94. The van der Waals surface area contributed by atoms with E-state index in [4.69, 9.17) is 0 Å². The fraction of sp³-hybridized carbons (Fsp3) is 0.909. The Balaban J connectivity index is 2.34. The van der Waals surface area contributed by atoms with Crippen LogP contribution in [0.2, 0.25) is 0 Å². The molecule has 3 rings (SSSR count). The number of Topliss-reactive ketones (excluding diaryl/α,β-unsaturated/α-hetero) is 1. The average Bonchev–Trinajstić information content (AvgIpc) is 1.81. The first-order valence-electron chi connectivity index (χ1n) is 4.88. The van der Waals surface area contributed by atoms with Crippen LogP contribution in [0.1, 0.15) is 40.5 Å². The number of carbonyl (C=O) groups is 1. The van der Waals surface area contributed by atoms with Crippen molar-refractivity contribution >= 4 is 5.78 Å². The minimum Gasteiger partial charge on any atom is -0.299 e. The molecule has 2 atom stereocenters. The minimum absolute atomic E-state index is 0.259. The molecule has 0 spiro atoms. The summed E-state index contributed by atoms with van der Waals surface area (Å²) in [6.07, 6.45) is 1.96. The van der Waals surface area contributed by atoms with Gasteiger partial charge in [-0.1, -0.05) is 27.7 Å². The number of ketones is 1. The van der Waals surface area contributed by atoms with Crippen molar-refractivity contribution in [3.8, 4) is 0 Å². The Morgan fingerprint density at radius 1 is 1.25 bits per heavy atom. The van der Waals surface area contributed by atoms with Gasteiger partial charge in [-0.25, -0.2) is 0 Å². The fourth-order valence-corrected chi connectivity index (χ4v) is 3.49. The maximum Gasteiger partial charge on any atom is 0.137 e. The van der Waals surface area contributed by atoms with Gasteiger partial charge in [0.25, 0.3) is 0 Å². The van der Waals surface area contributed by atoms with E-state index in [1.165, 1.54) is 0 Å². The molecular formula is C11H18O. The Labute approximate surface area is 74.5 Å². The third-order valence-corrected chi connectivity index (χ3v) is 4.23. The van der Waals surface area contributed by atoms with Gasteiger partial charge in [0.1, 0.15) is 5.78 Å². The number of rotatable bonds is 0. The number of hydrogen-bond donors (Lipinski definition) is 0. The predicted molar refractivity (Wildman–Crippen MR) is 48.8 cm³/mol. The summed E-state index contributed by atoms with van der Waals surface area (Å²) in [6, 6.07) is 0. The molecule has 0 saturated heterocycles. The first kappa shape index (κ1) is 8.28. The lowest BCUT2D eigenvalue weighted by molar-refractivity contribution is -0.170. The molecule has 0 aromatic carbocycles. The highest BCUT2D eigenvalue weighted by Crippen LogP contribution is 2.64. The first-order valence-corrected chi connectivity index (χ1v) is 4.88. The molecule has 3 fully saturated rings. The molecule has 0 radical (unpaired) electrons. The molecule has 3 aliphatic carbocycles. The quantitative estimate of drug-likeness (QED) is 0.540. The number of fused-ring (bicyclic) bond motifs is 2. The molecule has 2 bridgehead atoms. The molecular weight excluding hydrogens is 148 g/mol. The van der Waals surface area contributed by atoms with Gasteiger partial charge in [-0.15, -0.1) is 0 Å². The van der Waals surface area contributed by atoms with Gasteiger partial charge in [-0.3, -0.25) is 4.79 Å². The second-order valence-electron chi connectivity index (χ2n) is 5.79. The lowest BCUT2D eigenvalue weighted by atomic mass is 9.41. The van der Waals surface area contributed by atoms with Crippen molar-refractivity contribution in [1.82, 2.24) is 0 Å². The van der Waals surface area contributed by atoms with E-state index in [9.17, 15) is 4.79 Å². The van der Waals surface area contributed by atoms with Crippen molar-refractivity contribution in [2.45, 2.75) is 40.5 Å². The highest BCUT2D eigenvalue weighted by molar-refractivity contribution is 5.85. The van der Waals surface area contributed by atoms with Gasteiger partial charge >= 0.3 is 0 Å². The third-order valence-electron chi connectivity index (χ3n) is 4.23. The normalized spacial score (nSPS) is 42.2. The summed E-state index contributed by atoms with van der Waals surface area (Å²) < 4.78 is 0. The Kier molecular flexibility index (Phi) is 1.34. The van der Waals surface area contributed by atoms with Gasteiger partial charge in [0, 0.05) is 12.3 Å². The summed E-state index contributed by atoms with van der Waals surface area (Å²) >= 11 is 0. The molecule has 68 valence electrons. The molecule has 12 heavy (non-hydrogen) atoms. The van der Waals surface area contributed by atoms with E-state index in [0.29, 0.717) is 17.1 Å². The van der Waals surface area contributed by atoms with E-state index in [1.807, 2.05) is 0 Å². The maximum atomic E-state index is 11.7. The van der Waals surface area contributed by atoms with Crippen LogP contribution in [-0.4, -0.2) is 5.78 Å². The Morgan fingerprint density at radius 3 is 2.17 bits per heavy atom. The van der Waals surface area contributed by atoms with Crippen LogP contribution in [0, 0.1) is 22.7 Å². The van der Waals surface area contributed by atoms with Gasteiger partial charge in [-0.05, 0) is 23.2 Å². The van der Waals surface area contributed by atoms with Crippen LogP contribution in [0.4, 0.5) is 0 Å². The monoisotopic (exact) mass is 166 g/mol. The van der Waals surface area contributed by atoms with Crippen LogP contribution in [0.3, 0.4) is 0 Å². The Morgan fingerprint density at radius 2 is 1.83 bits per heavy atom. The van der Waals surface area contributed by atoms with Crippen LogP contribution in [0.15, 0.2) is 0 Å². The van der Waals surface area contributed by atoms with E-state index >= 15 is 0 Å². The van der Waals surface area contributed by atoms with Crippen LogP contribution in [-0.2, 0) is 4.79 Å². The smallest absolute Gasteiger partial charge is 0.137 e. The summed E-state index contributed by atoms with van der Waals surface area (Å²) in [4.78, 5) is 11.7. The fourth-order valence-electron chi connectivity index (χ4n) is 3.49. The van der Waals surface area contributed by atoms with E-state index in [1.54, 1.807) is 0 Å². The van der Waals surface area contributed by atoms with E-state index in [2.05, 4.69) is 27.7 Å².